The number of hydrogen-bond donors (Lipinski definition) is 1. The molecule has 0 fully saturated rings. The van der Waals surface area contributed by atoms with Gasteiger partial charge in [0.2, 0.25) is 0 Å². The summed E-state index contributed by atoms with van der Waals surface area (Å²) in [5.74, 6) is -0.175. The molecule has 1 aliphatic rings. The summed E-state index contributed by atoms with van der Waals surface area (Å²) in [6.07, 6.45) is -1.17. The average molecular weight is 608 g/mol. The maximum Gasteiger partial charge on any atom is 0.257 e. The van der Waals surface area contributed by atoms with E-state index in [9.17, 15) is 9.59 Å². The highest BCUT2D eigenvalue weighted by Gasteiger charge is 2.30. The van der Waals surface area contributed by atoms with Crippen LogP contribution in [0.25, 0.3) is 0 Å². The molecule has 0 radical (unpaired) electrons. The van der Waals surface area contributed by atoms with Crippen molar-refractivity contribution < 1.29 is 19.1 Å². The zero-order valence-electron chi connectivity index (χ0n) is 21.3. The predicted octanol–water partition coefficient (Wildman–Crippen LogP) is 7.07. The Labute approximate surface area is 247 Å². The van der Waals surface area contributed by atoms with E-state index in [4.69, 9.17) is 55.9 Å². The fraction of sp³-hybridized carbons (Fsp3) is 0.276. The summed E-state index contributed by atoms with van der Waals surface area (Å²) < 4.78 is 11.4. The van der Waals surface area contributed by atoms with Gasteiger partial charge in [-0.3, -0.25) is 14.6 Å². The van der Waals surface area contributed by atoms with Crippen molar-refractivity contribution in [2.75, 3.05) is 19.8 Å². The van der Waals surface area contributed by atoms with Crippen LogP contribution in [0.5, 0.6) is 5.75 Å². The number of halogens is 4. The van der Waals surface area contributed by atoms with Crippen molar-refractivity contribution >= 4 is 63.8 Å². The fourth-order valence-corrected chi connectivity index (χ4v) is 5.25. The highest BCUT2D eigenvalue weighted by molar-refractivity contribution is 6.43. The molecule has 1 N–H and O–H groups in total. The number of benzene rings is 3. The molecule has 3 aromatic rings. The highest BCUT2D eigenvalue weighted by atomic mass is 35.5. The molecule has 0 saturated heterocycles. The van der Waals surface area contributed by atoms with Crippen molar-refractivity contribution in [3.8, 4) is 5.75 Å². The van der Waals surface area contributed by atoms with Crippen LogP contribution in [0, 0.1) is 5.92 Å². The van der Waals surface area contributed by atoms with Crippen LogP contribution < -0.4 is 10.1 Å². The molecular formula is C29H26Cl4N2O4. The number of ether oxygens (including phenoxy) is 2. The second-order valence-corrected chi connectivity index (χ2v) is 11.0. The van der Waals surface area contributed by atoms with Crippen molar-refractivity contribution in [2.45, 2.75) is 26.4 Å². The first-order valence-electron chi connectivity index (χ1n) is 12.3. The first kappa shape index (κ1) is 29.4. The van der Waals surface area contributed by atoms with Crippen molar-refractivity contribution in [3.63, 3.8) is 0 Å². The Hall–Kier alpha value is -2.61. The van der Waals surface area contributed by atoms with Gasteiger partial charge in [0.25, 0.3) is 5.91 Å². The van der Waals surface area contributed by atoms with Crippen LogP contribution in [0.15, 0.2) is 59.6 Å². The number of carbonyl (C=O) groups excluding carboxylic acids is 2. The zero-order valence-corrected chi connectivity index (χ0v) is 24.3. The lowest BCUT2D eigenvalue weighted by molar-refractivity contribution is -0.120. The average Bonchev–Trinajstić information content (AvgIpc) is 3.00. The lowest BCUT2D eigenvalue weighted by Crippen LogP contribution is -2.40. The third-order valence-corrected chi connectivity index (χ3v) is 6.88. The van der Waals surface area contributed by atoms with Gasteiger partial charge >= 0.3 is 0 Å². The van der Waals surface area contributed by atoms with Crippen LogP contribution in [0.4, 0.5) is 0 Å². The van der Waals surface area contributed by atoms with E-state index in [-0.39, 0.29) is 34.4 Å². The van der Waals surface area contributed by atoms with Crippen LogP contribution in [0.3, 0.4) is 0 Å². The first-order chi connectivity index (χ1) is 18.6. The monoisotopic (exact) mass is 606 g/mol. The van der Waals surface area contributed by atoms with E-state index in [0.29, 0.717) is 51.8 Å². The summed E-state index contributed by atoms with van der Waals surface area (Å²) >= 11 is 25.4. The van der Waals surface area contributed by atoms with Crippen LogP contribution >= 0.6 is 46.4 Å². The molecule has 3 aromatic carbocycles. The summed E-state index contributed by atoms with van der Waals surface area (Å²) in [5, 5.41) is 3.98. The van der Waals surface area contributed by atoms with Gasteiger partial charge in [-0.2, -0.15) is 0 Å². The van der Waals surface area contributed by atoms with Crippen LogP contribution in [0.1, 0.15) is 40.9 Å². The Morgan fingerprint density at radius 3 is 2.44 bits per heavy atom. The summed E-state index contributed by atoms with van der Waals surface area (Å²) in [7, 11) is 0. The molecule has 1 heterocycles. The third kappa shape index (κ3) is 7.33. The molecule has 0 aromatic heterocycles. The lowest BCUT2D eigenvalue weighted by atomic mass is 9.96. The number of fused-ring (bicyclic) bond motifs is 1. The summed E-state index contributed by atoms with van der Waals surface area (Å²) in [4.78, 5) is 31.4. The number of amides is 1. The number of ketones is 1. The van der Waals surface area contributed by atoms with Crippen molar-refractivity contribution in [3.05, 3.63) is 96.9 Å². The van der Waals surface area contributed by atoms with E-state index < -0.39 is 12.1 Å². The number of Topliss-reactive ketones (excluding diaryl/α,β-unsaturated/α-hetero) is 1. The molecule has 1 unspecified atom stereocenters. The smallest absolute Gasteiger partial charge is 0.257 e. The summed E-state index contributed by atoms with van der Waals surface area (Å²) in [5.41, 5.74) is 2.37. The maximum absolute atomic E-state index is 13.4. The topological polar surface area (TPSA) is 77.0 Å². The van der Waals surface area contributed by atoms with E-state index in [1.54, 1.807) is 24.3 Å². The number of carbonyl (C=O) groups is 2. The van der Waals surface area contributed by atoms with Crippen molar-refractivity contribution in [2.24, 2.45) is 10.9 Å². The maximum atomic E-state index is 13.4. The molecule has 0 bridgehead atoms. The molecule has 1 atom stereocenters. The molecule has 1 aliphatic heterocycles. The molecule has 0 aliphatic carbocycles. The molecule has 39 heavy (non-hydrogen) atoms. The summed E-state index contributed by atoms with van der Waals surface area (Å²) in [6.45, 7) is 5.31. The number of hydrogen-bond acceptors (Lipinski definition) is 5. The Balaban J connectivity index is 1.65. The SMILES string of the molecule is CC(C)COCCOc1ccc(Cl)cc1C(=O)NC1N=C(c2c(Cl)cc(Cl)cc2Cl)c2ccccc2CC1=O. The van der Waals surface area contributed by atoms with E-state index in [2.05, 4.69) is 24.2 Å². The van der Waals surface area contributed by atoms with Crippen LogP contribution in [-0.4, -0.2) is 43.4 Å². The molecule has 1 amide bonds. The van der Waals surface area contributed by atoms with Gasteiger partial charge in [0.1, 0.15) is 12.4 Å². The van der Waals surface area contributed by atoms with Gasteiger partial charge in [-0.25, -0.2) is 0 Å². The molecule has 0 saturated carbocycles. The van der Waals surface area contributed by atoms with Gasteiger partial charge < -0.3 is 14.8 Å². The standard InChI is InChI=1S/C29H26Cl4N2O4/c1-16(2)15-38-9-10-39-25-8-7-18(30)12-21(25)29(37)35-28-24(36)11-17-5-3-4-6-20(17)27(34-28)26-22(32)13-19(31)14-23(26)33/h3-8,12-14,16,28H,9-11,15H2,1-2H3,(H,35,37). The lowest BCUT2D eigenvalue weighted by Gasteiger charge is -2.17. The second-order valence-electron chi connectivity index (χ2n) is 9.36. The van der Waals surface area contributed by atoms with Gasteiger partial charge in [0, 0.05) is 34.2 Å². The molecule has 6 nitrogen and oxygen atoms in total. The predicted molar refractivity (Wildman–Crippen MR) is 156 cm³/mol. The molecule has 4 rings (SSSR count). The number of rotatable bonds is 9. The Kier molecular flexibility index (Phi) is 9.91. The number of aliphatic imine (C=N–C) groups is 1. The number of nitrogens with one attached hydrogen (secondary N) is 1. The minimum Gasteiger partial charge on any atom is -0.490 e. The largest absolute Gasteiger partial charge is 0.490 e. The van der Waals surface area contributed by atoms with E-state index in [0.717, 1.165) is 5.56 Å². The van der Waals surface area contributed by atoms with E-state index in [1.165, 1.54) is 6.07 Å². The Morgan fingerprint density at radius 2 is 1.72 bits per heavy atom. The quantitative estimate of drug-likeness (QED) is 0.264. The molecule has 0 spiro atoms. The van der Waals surface area contributed by atoms with Gasteiger partial charge in [-0.15, -0.1) is 0 Å². The first-order valence-corrected chi connectivity index (χ1v) is 13.8. The van der Waals surface area contributed by atoms with E-state index in [1.807, 2.05) is 24.3 Å². The summed E-state index contributed by atoms with van der Waals surface area (Å²) in [6, 6.07) is 15.1. The normalized spacial score (nSPS) is 15.0. The molecule has 10 heteroatoms. The minimum absolute atomic E-state index is 0.0447. The van der Waals surface area contributed by atoms with Crippen LogP contribution in [0.2, 0.25) is 20.1 Å². The Bertz CT molecular complexity index is 1400. The molecule has 204 valence electrons. The zero-order chi connectivity index (χ0) is 28.1. The van der Waals surface area contributed by atoms with Gasteiger partial charge in [0.05, 0.1) is 27.9 Å². The van der Waals surface area contributed by atoms with Gasteiger partial charge in [-0.1, -0.05) is 84.5 Å². The van der Waals surface area contributed by atoms with Gasteiger partial charge in [0.15, 0.2) is 11.9 Å². The fourth-order valence-electron chi connectivity index (χ4n) is 4.08. The third-order valence-electron chi connectivity index (χ3n) is 5.83. The van der Waals surface area contributed by atoms with Crippen molar-refractivity contribution in [1.82, 2.24) is 5.32 Å². The van der Waals surface area contributed by atoms with Gasteiger partial charge in [-0.05, 0) is 41.8 Å². The number of nitrogens with zero attached hydrogens (tertiary/aromatic N) is 1. The van der Waals surface area contributed by atoms with Crippen molar-refractivity contribution in [1.29, 1.82) is 0 Å². The minimum atomic E-state index is -1.22. The molecular weight excluding hydrogens is 582 g/mol. The second kappa shape index (κ2) is 13.2. The van der Waals surface area contributed by atoms with Crippen LogP contribution in [-0.2, 0) is 16.0 Å². The van der Waals surface area contributed by atoms with E-state index >= 15 is 0 Å². The Morgan fingerprint density at radius 1 is 1.00 bits per heavy atom. The highest BCUT2D eigenvalue weighted by Crippen LogP contribution is 2.33.